The van der Waals surface area contributed by atoms with Crippen LogP contribution in [0.5, 0.6) is 0 Å². The van der Waals surface area contributed by atoms with Crippen molar-refractivity contribution in [1.29, 1.82) is 0 Å². The Bertz CT molecular complexity index is 365. The molecule has 1 aliphatic heterocycles. The van der Waals surface area contributed by atoms with Crippen molar-refractivity contribution in [3.8, 4) is 24.2 Å². The zero-order valence-electron chi connectivity index (χ0n) is 7.56. The molecule has 3 nitrogen and oxygen atoms in total. The average molecular weight is 187 g/mol. The van der Waals surface area contributed by atoms with Gasteiger partial charge in [0.05, 0.1) is 19.0 Å². The lowest BCUT2D eigenvalue weighted by Crippen LogP contribution is -2.53. The molecule has 1 fully saturated rings. The third-order valence-electron chi connectivity index (χ3n) is 1.88. The third kappa shape index (κ3) is 2.24. The van der Waals surface area contributed by atoms with Crippen LogP contribution in [-0.2, 0) is 9.59 Å². The number of hydrogen-bond donors (Lipinski definition) is 0. The number of carbonyl (C=O) groups is 2. The van der Waals surface area contributed by atoms with Crippen molar-refractivity contribution in [2.75, 3.05) is 6.54 Å². The maximum Gasteiger partial charge on any atom is 0.226 e. The quantitative estimate of drug-likeness (QED) is 0.346. The molecule has 70 valence electrons. The number of carbonyl (C=O) groups excluding carboxylic acids is 2. The summed E-state index contributed by atoms with van der Waals surface area (Å²) in [5.41, 5.74) is 0. The molecule has 0 radical (unpaired) electrons. The second kappa shape index (κ2) is 4.89. The summed E-state index contributed by atoms with van der Waals surface area (Å²) in [5.74, 6) is 7.66. The number of allylic oxidation sites excluding steroid dienone is 2. The van der Waals surface area contributed by atoms with Crippen LogP contribution in [0.4, 0.5) is 0 Å². The van der Waals surface area contributed by atoms with Crippen molar-refractivity contribution in [2.24, 2.45) is 0 Å². The fourth-order valence-electron chi connectivity index (χ4n) is 1.09. The van der Waals surface area contributed by atoms with Gasteiger partial charge in [-0.05, 0) is 12.2 Å². The van der Waals surface area contributed by atoms with E-state index < -0.39 is 0 Å². The first kappa shape index (κ1) is 10.1. The average Bonchev–Trinajstić information content (AvgIpc) is 2.19. The molecule has 14 heavy (non-hydrogen) atoms. The molecule has 1 rings (SSSR count). The molecule has 1 atom stereocenters. The minimum Gasteiger partial charge on any atom is -0.321 e. The standard InChI is InChI=1S/C11H9NO2/c1-2-3-4-5-6-7-12-10(9-13)8-11(12)14/h1,3-4,9-10H,7-8H2/b4-3-. The van der Waals surface area contributed by atoms with Gasteiger partial charge in [-0.25, -0.2) is 0 Å². The maximum atomic E-state index is 11.0. The third-order valence-corrected chi connectivity index (χ3v) is 1.88. The number of terminal acetylenes is 1. The van der Waals surface area contributed by atoms with Crippen molar-refractivity contribution in [2.45, 2.75) is 12.5 Å². The molecule has 0 spiro atoms. The van der Waals surface area contributed by atoms with E-state index in [1.807, 2.05) is 0 Å². The van der Waals surface area contributed by atoms with Gasteiger partial charge in [-0.2, -0.15) is 0 Å². The summed E-state index contributed by atoms with van der Waals surface area (Å²) in [6.45, 7) is 0.289. The van der Waals surface area contributed by atoms with E-state index in [1.165, 1.54) is 17.1 Å². The van der Waals surface area contributed by atoms with Crippen molar-refractivity contribution in [3.05, 3.63) is 12.2 Å². The number of amides is 1. The van der Waals surface area contributed by atoms with E-state index in [2.05, 4.69) is 17.8 Å². The monoisotopic (exact) mass is 187 g/mol. The van der Waals surface area contributed by atoms with Crippen LogP contribution >= 0.6 is 0 Å². The molecule has 0 bridgehead atoms. The zero-order valence-corrected chi connectivity index (χ0v) is 7.56. The van der Waals surface area contributed by atoms with Crippen LogP contribution in [0.2, 0.25) is 0 Å². The molecule has 1 heterocycles. The summed E-state index contributed by atoms with van der Waals surface area (Å²) in [4.78, 5) is 22.8. The van der Waals surface area contributed by atoms with E-state index in [0.29, 0.717) is 6.42 Å². The number of likely N-dealkylation sites (tertiary alicyclic amines) is 1. The minimum atomic E-state index is -0.284. The smallest absolute Gasteiger partial charge is 0.226 e. The van der Waals surface area contributed by atoms with Gasteiger partial charge in [0.25, 0.3) is 0 Å². The first-order valence-corrected chi connectivity index (χ1v) is 4.14. The van der Waals surface area contributed by atoms with Crippen molar-refractivity contribution >= 4 is 12.2 Å². The van der Waals surface area contributed by atoms with Crippen LogP contribution in [0.25, 0.3) is 0 Å². The molecule has 0 aliphatic carbocycles. The lowest BCUT2D eigenvalue weighted by atomic mass is 10.0. The van der Waals surface area contributed by atoms with Gasteiger partial charge in [0.15, 0.2) is 0 Å². The topological polar surface area (TPSA) is 37.4 Å². The van der Waals surface area contributed by atoms with Crippen molar-refractivity contribution in [1.82, 2.24) is 4.90 Å². The Morgan fingerprint density at radius 1 is 1.57 bits per heavy atom. The molecule has 1 saturated heterocycles. The first-order chi connectivity index (χ1) is 6.79. The summed E-state index contributed by atoms with van der Waals surface area (Å²) in [5, 5.41) is 0. The summed E-state index contributed by atoms with van der Waals surface area (Å²) >= 11 is 0. The molecule has 1 amide bonds. The summed E-state index contributed by atoms with van der Waals surface area (Å²) in [7, 11) is 0. The molecule has 0 aromatic heterocycles. The molecule has 1 unspecified atom stereocenters. The Morgan fingerprint density at radius 2 is 2.36 bits per heavy atom. The Hall–Kier alpha value is -2.00. The molecule has 3 heteroatoms. The van der Waals surface area contributed by atoms with Crippen LogP contribution in [0, 0.1) is 24.2 Å². The second-order valence-electron chi connectivity index (χ2n) is 2.75. The van der Waals surface area contributed by atoms with Gasteiger partial charge in [0, 0.05) is 0 Å². The Morgan fingerprint density at radius 3 is 2.93 bits per heavy atom. The molecular weight excluding hydrogens is 178 g/mol. The van der Waals surface area contributed by atoms with E-state index >= 15 is 0 Å². The predicted molar refractivity (Wildman–Crippen MR) is 51.9 cm³/mol. The molecule has 1 aliphatic rings. The summed E-state index contributed by atoms with van der Waals surface area (Å²) in [6, 6.07) is -0.284. The Labute approximate surface area is 82.8 Å². The summed E-state index contributed by atoms with van der Waals surface area (Å²) in [6.07, 6.45) is 9.04. The van der Waals surface area contributed by atoms with Gasteiger partial charge in [-0.1, -0.05) is 17.8 Å². The van der Waals surface area contributed by atoms with Crippen LogP contribution in [0.3, 0.4) is 0 Å². The number of hydrogen-bond acceptors (Lipinski definition) is 2. The summed E-state index contributed by atoms with van der Waals surface area (Å²) < 4.78 is 0. The van der Waals surface area contributed by atoms with Gasteiger partial charge in [-0.15, -0.1) is 6.42 Å². The lowest BCUT2D eigenvalue weighted by Gasteiger charge is -2.35. The normalized spacial score (nSPS) is 19.5. The lowest BCUT2D eigenvalue weighted by molar-refractivity contribution is -0.147. The minimum absolute atomic E-state index is 0.0303. The van der Waals surface area contributed by atoms with Gasteiger partial charge < -0.3 is 9.69 Å². The van der Waals surface area contributed by atoms with E-state index in [1.54, 1.807) is 0 Å². The maximum absolute atomic E-state index is 11.0. The van der Waals surface area contributed by atoms with Crippen LogP contribution < -0.4 is 0 Å². The molecule has 0 N–H and O–H groups in total. The highest BCUT2D eigenvalue weighted by atomic mass is 16.2. The predicted octanol–water partition coefficient (Wildman–Crippen LogP) is -0.0210. The number of aldehydes is 1. The number of β-lactam (4-membered cyclic amide) rings is 1. The van der Waals surface area contributed by atoms with E-state index in [0.717, 1.165) is 6.29 Å². The first-order valence-electron chi connectivity index (χ1n) is 4.14. The van der Waals surface area contributed by atoms with Gasteiger partial charge in [0.1, 0.15) is 6.29 Å². The second-order valence-corrected chi connectivity index (χ2v) is 2.75. The van der Waals surface area contributed by atoms with Gasteiger partial charge in [0.2, 0.25) is 5.91 Å². The van der Waals surface area contributed by atoms with Crippen molar-refractivity contribution < 1.29 is 9.59 Å². The fraction of sp³-hybridized carbons (Fsp3) is 0.273. The number of rotatable bonds is 2. The van der Waals surface area contributed by atoms with E-state index in [-0.39, 0.29) is 18.5 Å². The Kier molecular flexibility index (Phi) is 3.52. The van der Waals surface area contributed by atoms with Crippen LogP contribution in [0.15, 0.2) is 12.2 Å². The molecule has 0 aromatic carbocycles. The zero-order chi connectivity index (χ0) is 10.4. The highest BCUT2D eigenvalue weighted by Gasteiger charge is 2.34. The van der Waals surface area contributed by atoms with Crippen LogP contribution in [0.1, 0.15) is 6.42 Å². The fourth-order valence-corrected chi connectivity index (χ4v) is 1.09. The van der Waals surface area contributed by atoms with Crippen molar-refractivity contribution in [3.63, 3.8) is 0 Å². The van der Waals surface area contributed by atoms with E-state index in [9.17, 15) is 9.59 Å². The Balaban J connectivity index is 2.40. The number of nitrogens with zero attached hydrogens (tertiary/aromatic N) is 1. The highest BCUT2D eigenvalue weighted by molar-refractivity contribution is 5.90. The van der Waals surface area contributed by atoms with Crippen LogP contribution in [-0.4, -0.2) is 29.7 Å². The molecule has 0 aromatic rings. The van der Waals surface area contributed by atoms with Gasteiger partial charge in [-0.3, -0.25) is 4.79 Å². The SMILES string of the molecule is C#C/C=C\C#CCN1C(=O)CC1C=O. The van der Waals surface area contributed by atoms with Gasteiger partial charge >= 0.3 is 0 Å². The largest absolute Gasteiger partial charge is 0.321 e. The van der Waals surface area contributed by atoms with E-state index in [4.69, 9.17) is 6.42 Å². The highest BCUT2D eigenvalue weighted by Crippen LogP contribution is 2.15. The molecule has 0 saturated carbocycles. The molecular formula is C11H9NO2.